The standard InChI is InChI=1S/C10H17N3O6S.C2H4OS/c11-5(10(18)19)1-2-7(14)13-6(4-20)9(17)12-3-8(15)16;1-2(3)4/h5-6,20H,1-4,11H2,(H,12,17)(H,13,14)(H,15,16)(H,18,19);1H3,(H,3,4). The summed E-state index contributed by atoms with van der Waals surface area (Å²) in [6, 6.07) is -2.15. The van der Waals surface area contributed by atoms with Gasteiger partial charge in [-0.1, -0.05) is 0 Å². The summed E-state index contributed by atoms with van der Waals surface area (Å²) in [4.78, 5) is 43.7. The van der Waals surface area contributed by atoms with E-state index in [9.17, 15) is 19.2 Å². The molecule has 7 N–H and O–H groups in total. The van der Waals surface area contributed by atoms with E-state index in [1.54, 1.807) is 0 Å². The van der Waals surface area contributed by atoms with Crippen molar-refractivity contribution in [3.63, 3.8) is 0 Å². The Morgan fingerprint density at radius 3 is 2.08 bits per heavy atom. The van der Waals surface area contributed by atoms with Crippen molar-refractivity contribution in [2.45, 2.75) is 31.8 Å². The Labute approximate surface area is 149 Å². The van der Waals surface area contributed by atoms with Crippen LogP contribution in [0.3, 0.4) is 0 Å². The first kappa shape index (κ1) is 24.3. The number of thiol groups is 1. The van der Waals surface area contributed by atoms with Crippen LogP contribution in [0.4, 0.5) is 0 Å². The van der Waals surface area contributed by atoms with E-state index >= 15 is 0 Å². The lowest BCUT2D eigenvalue weighted by Crippen LogP contribution is -2.49. The van der Waals surface area contributed by atoms with Crippen molar-refractivity contribution >= 4 is 53.7 Å². The minimum absolute atomic E-state index is 0.000000000000000222. The fraction of sp³-hybridized carbons (Fsp3) is 0.583. The molecule has 0 bridgehead atoms. The number of carbonyl (C=O) groups excluding carboxylic acids is 2. The van der Waals surface area contributed by atoms with Crippen molar-refractivity contribution in [1.29, 1.82) is 0 Å². The maximum absolute atomic E-state index is 11.5. The molecule has 0 aliphatic carbocycles. The normalized spacial score (nSPS) is 12.0. The predicted octanol–water partition coefficient (Wildman–Crippen LogP) is -1.31. The van der Waals surface area contributed by atoms with Gasteiger partial charge in [-0.25, -0.2) is 0 Å². The van der Waals surface area contributed by atoms with Crippen LogP contribution in [0.25, 0.3) is 0 Å². The molecule has 12 heteroatoms. The molecule has 0 rings (SSSR count). The lowest BCUT2D eigenvalue weighted by atomic mass is 10.1. The molecular weight excluding hydrogens is 362 g/mol. The lowest BCUT2D eigenvalue weighted by molar-refractivity contribution is -0.139. The highest BCUT2D eigenvalue weighted by Gasteiger charge is 2.20. The average Bonchev–Trinajstić information content (AvgIpc) is 2.46. The highest BCUT2D eigenvalue weighted by molar-refractivity contribution is 7.80. The average molecular weight is 383 g/mol. The fourth-order valence-corrected chi connectivity index (χ4v) is 1.41. The van der Waals surface area contributed by atoms with Crippen LogP contribution in [0.2, 0.25) is 0 Å². The minimum Gasteiger partial charge on any atom is -0.502 e. The molecule has 0 saturated carbocycles. The monoisotopic (exact) mass is 383 g/mol. The summed E-state index contributed by atoms with van der Waals surface area (Å²) >= 11 is 7.97. The van der Waals surface area contributed by atoms with E-state index in [4.69, 9.17) is 21.1 Å². The number of nitrogens with one attached hydrogen (secondary N) is 2. The maximum atomic E-state index is 11.5. The zero-order chi connectivity index (χ0) is 19.3. The van der Waals surface area contributed by atoms with Crippen molar-refractivity contribution in [1.82, 2.24) is 10.6 Å². The fourth-order valence-electron chi connectivity index (χ4n) is 1.16. The first-order chi connectivity index (χ1) is 11.0. The molecular formula is C12H21N3O7S2. The van der Waals surface area contributed by atoms with Crippen molar-refractivity contribution in [2.75, 3.05) is 12.3 Å². The van der Waals surface area contributed by atoms with Gasteiger partial charge < -0.3 is 31.7 Å². The van der Waals surface area contributed by atoms with Crippen LogP contribution in [0, 0.1) is 0 Å². The second-order valence-corrected chi connectivity index (χ2v) is 5.37. The molecule has 24 heavy (non-hydrogen) atoms. The van der Waals surface area contributed by atoms with Crippen molar-refractivity contribution in [2.24, 2.45) is 5.73 Å². The minimum atomic E-state index is -1.22. The molecule has 0 fully saturated rings. The van der Waals surface area contributed by atoms with Crippen LogP contribution in [0.5, 0.6) is 0 Å². The number of hydrogen-bond acceptors (Lipinski definition) is 7. The van der Waals surface area contributed by atoms with Crippen LogP contribution < -0.4 is 16.4 Å². The molecule has 0 spiro atoms. The summed E-state index contributed by atoms with van der Waals surface area (Å²) in [6.07, 6.45) is -0.235. The molecule has 0 saturated heterocycles. The van der Waals surface area contributed by atoms with Gasteiger partial charge in [-0.15, -0.1) is 0 Å². The third-order valence-corrected chi connectivity index (χ3v) is 2.61. The maximum Gasteiger partial charge on any atom is 0.322 e. The molecule has 10 nitrogen and oxygen atoms in total. The van der Waals surface area contributed by atoms with Crippen LogP contribution in [-0.4, -0.2) is 68.5 Å². The van der Waals surface area contributed by atoms with Gasteiger partial charge in [0.05, 0.1) is 0 Å². The smallest absolute Gasteiger partial charge is 0.322 e. The molecule has 138 valence electrons. The number of amides is 2. The Kier molecular flexibility index (Phi) is 13.7. The number of aliphatic carboxylic acids is 2. The first-order valence-electron chi connectivity index (χ1n) is 6.58. The molecule has 0 radical (unpaired) electrons. The Morgan fingerprint density at radius 2 is 1.71 bits per heavy atom. The van der Waals surface area contributed by atoms with Gasteiger partial charge in [0.2, 0.25) is 11.8 Å². The van der Waals surface area contributed by atoms with Gasteiger partial charge in [0.15, 0.2) is 5.05 Å². The van der Waals surface area contributed by atoms with E-state index in [-0.39, 0.29) is 23.6 Å². The number of carbonyl (C=O) groups is 4. The highest BCUT2D eigenvalue weighted by Crippen LogP contribution is 1.97. The summed E-state index contributed by atoms with van der Waals surface area (Å²) in [6.45, 7) is 0.887. The predicted molar refractivity (Wildman–Crippen MR) is 92.2 cm³/mol. The Hall–Kier alpha value is -1.92. The van der Waals surface area contributed by atoms with Crippen LogP contribution >= 0.6 is 24.8 Å². The van der Waals surface area contributed by atoms with Gasteiger partial charge in [0, 0.05) is 19.1 Å². The second kappa shape index (κ2) is 13.5. The van der Waals surface area contributed by atoms with E-state index in [1.165, 1.54) is 6.92 Å². The van der Waals surface area contributed by atoms with Crippen molar-refractivity contribution in [3.05, 3.63) is 0 Å². The van der Waals surface area contributed by atoms with Gasteiger partial charge >= 0.3 is 11.9 Å². The number of thiocarbonyl (C=S) groups is 1. The summed E-state index contributed by atoms with van der Waals surface area (Å²) < 4.78 is 0. The van der Waals surface area contributed by atoms with E-state index in [0.717, 1.165) is 0 Å². The second-order valence-electron chi connectivity index (χ2n) is 4.42. The number of rotatable bonds is 9. The summed E-state index contributed by atoms with van der Waals surface area (Å²) in [7, 11) is 0. The Morgan fingerprint density at radius 1 is 1.21 bits per heavy atom. The summed E-state index contributed by atoms with van der Waals surface area (Å²) in [5.74, 6) is -3.70. The van der Waals surface area contributed by atoms with Gasteiger partial charge in [0.25, 0.3) is 0 Å². The first-order valence-corrected chi connectivity index (χ1v) is 7.62. The molecule has 0 aliphatic heterocycles. The number of carboxylic acid groups (broad SMARTS) is 2. The third kappa shape index (κ3) is 15.0. The molecule has 0 aromatic carbocycles. The molecule has 0 heterocycles. The van der Waals surface area contributed by atoms with Crippen molar-refractivity contribution in [3.8, 4) is 0 Å². The van der Waals surface area contributed by atoms with E-state index < -0.39 is 42.4 Å². The van der Waals surface area contributed by atoms with E-state index in [0.29, 0.717) is 0 Å². The molecule has 0 aromatic rings. The molecule has 2 unspecified atom stereocenters. The van der Waals surface area contributed by atoms with Crippen LogP contribution in [-0.2, 0) is 19.2 Å². The quantitative estimate of drug-likeness (QED) is 0.188. The molecule has 2 amide bonds. The summed E-state index contributed by atoms with van der Waals surface area (Å²) in [5.41, 5.74) is 5.23. The SMILES string of the molecule is CC(O)=S.NC(CCC(=O)NC(CS)C(=O)NCC(=O)O)C(=O)O. The number of aliphatic hydroxyl groups excluding tert-OH is 1. The zero-order valence-electron chi connectivity index (χ0n) is 12.9. The molecule has 0 aliphatic rings. The Bertz CT molecular complexity index is 470. The van der Waals surface area contributed by atoms with E-state index in [1.807, 2.05) is 0 Å². The summed E-state index contributed by atoms with van der Waals surface area (Å²) in [5, 5.41) is 29.2. The number of hydrogen-bond donors (Lipinski definition) is 7. The number of carboxylic acids is 2. The largest absolute Gasteiger partial charge is 0.502 e. The zero-order valence-corrected chi connectivity index (χ0v) is 14.6. The van der Waals surface area contributed by atoms with Crippen LogP contribution in [0.1, 0.15) is 19.8 Å². The number of nitrogens with two attached hydrogens (primary N) is 1. The van der Waals surface area contributed by atoms with Crippen molar-refractivity contribution < 1.29 is 34.5 Å². The number of aliphatic hydroxyl groups is 1. The third-order valence-electron chi connectivity index (χ3n) is 2.25. The topological polar surface area (TPSA) is 179 Å². The van der Waals surface area contributed by atoms with Gasteiger partial charge in [-0.2, -0.15) is 12.6 Å². The highest BCUT2D eigenvalue weighted by atomic mass is 32.1. The van der Waals surface area contributed by atoms with Crippen LogP contribution in [0.15, 0.2) is 0 Å². The Balaban J connectivity index is 0. The lowest BCUT2D eigenvalue weighted by Gasteiger charge is -2.16. The van der Waals surface area contributed by atoms with Gasteiger partial charge in [0.1, 0.15) is 18.6 Å². The van der Waals surface area contributed by atoms with Gasteiger partial charge in [-0.3, -0.25) is 19.2 Å². The van der Waals surface area contributed by atoms with E-state index in [2.05, 4.69) is 35.5 Å². The molecule has 2 atom stereocenters. The van der Waals surface area contributed by atoms with Gasteiger partial charge in [-0.05, 0) is 18.6 Å². The molecule has 0 aromatic heterocycles.